The Labute approximate surface area is 148 Å². The molecular formula is C17H26N2O4S. The van der Waals surface area contributed by atoms with E-state index in [9.17, 15) is 14.4 Å². The number of rotatable bonds is 13. The molecule has 7 heteroatoms. The molecule has 0 radical (unpaired) electrons. The molecule has 134 valence electrons. The molecule has 0 bridgehead atoms. The maximum absolute atomic E-state index is 11.7. The molecule has 0 aromatic carbocycles. The predicted octanol–water partition coefficient (Wildman–Crippen LogP) is 2.60. The minimum Gasteiger partial charge on any atom is -0.464 e. The summed E-state index contributed by atoms with van der Waals surface area (Å²) >= 11 is 4.50. The Balaban J connectivity index is 1.95. The van der Waals surface area contributed by atoms with Crippen LogP contribution in [-0.2, 0) is 19.1 Å². The van der Waals surface area contributed by atoms with Gasteiger partial charge in [0.15, 0.2) is 0 Å². The quantitative estimate of drug-likeness (QED) is 0.181. The second kappa shape index (κ2) is 12.8. The lowest BCUT2D eigenvalue weighted by Gasteiger charge is -2.08. The standard InChI is InChI=1S/C17H26N2O4S/c20-14(12-16(21)19-15-9-11-23-17(15)22)8-6-4-2-1-3-5-7-10-18-13-24/h15H,1-12H2,(H,19,21). The fourth-order valence-electron chi connectivity index (χ4n) is 2.58. The maximum atomic E-state index is 11.7. The highest BCUT2D eigenvalue weighted by atomic mass is 32.1. The average molecular weight is 354 g/mol. The number of carbonyl (C=O) groups is 3. The number of esters is 1. The highest BCUT2D eigenvalue weighted by Crippen LogP contribution is 2.10. The van der Waals surface area contributed by atoms with Gasteiger partial charge in [0.1, 0.15) is 11.8 Å². The van der Waals surface area contributed by atoms with Crippen LogP contribution in [0, 0.1) is 0 Å². The molecule has 1 saturated heterocycles. The SMILES string of the molecule is O=C(CCCCCCCCCN=C=S)CC(=O)NC1CCOC1=O. The van der Waals surface area contributed by atoms with Gasteiger partial charge in [-0.05, 0) is 25.1 Å². The van der Waals surface area contributed by atoms with Crippen molar-refractivity contribution in [3.63, 3.8) is 0 Å². The summed E-state index contributed by atoms with van der Waals surface area (Å²) in [6, 6.07) is -0.583. The Morgan fingerprint density at radius 1 is 1.17 bits per heavy atom. The predicted molar refractivity (Wildman–Crippen MR) is 94.0 cm³/mol. The van der Waals surface area contributed by atoms with Gasteiger partial charge in [0.25, 0.3) is 0 Å². The number of isothiocyanates is 1. The number of amides is 1. The zero-order chi connectivity index (χ0) is 17.6. The van der Waals surface area contributed by atoms with E-state index in [0.717, 1.165) is 45.1 Å². The molecule has 1 aliphatic heterocycles. The average Bonchev–Trinajstić information content (AvgIpc) is 2.94. The maximum Gasteiger partial charge on any atom is 0.328 e. The van der Waals surface area contributed by atoms with Crippen molar-refractivity contribution in [2.45, 2.75) is 70.3 Å². The topological polar surface area (TPSA) is 84.8 Å². The minimum atomic E-state index is -0.583. The van der Waals surface area contributed by atoms with Crippen LogP contribution in [0.3, 0.4) is 0 Å². The van der Waals surface area contributed by atoms with Crippen LogP contribution in [0.25, 0.3) is 0 Å². The lowest BCUT2D eigenvalue weighted by atomic mass is 10.1. The summed E-state index contributed by atoms with van der Waals surface area (Å²) in [5, 5.41) is 4.90. The number of hydrogen-bond donors (Lipinski definition) is 1. The summed E-state index contributed by atoms with van der Waals surface area (Å²) in [6.07, 6.45) is 8.18. The van der Waals surface area contributed by atoms with Crippen molar-refractivity contribution in [1.82, 2.24) is 5.32 Å². The molecule has 0 aromatic rings. The molecule has 1 fully saturated rings. The van der Waals surface area contributed by atoms with Gasteiger partial charge in [0.05, 0.1) is 18.2 Å². The Morgan fingerprint density at radius 3 is 2.46 bits per heavy atom. The molecule has 0 saturated carbocycles. The second-order valence-corrected chi connectivity index (χ2v) is 6.17. The number of nitrogens with zero attached hydrogens (tertiary/aromatic N) is 1. The first-order valence-electron chi connectivity index (χ1n) is 8.65. The summed E-state index contributed by atoms with van der Waals surface area (Å²) in [5.74, 6) is -0.871. The van der Waals surface area contributed by atoms with Gasteiger partial charge in [-0.3, -0.25) is 9.59 Å². The van der Waals surface area contributed by atoms with Gasteiger partial charge in [-0.25, -0.2) is 9.79 Å². The number of unbranched alkanes of at least 4 members (excludes halogenated alkanes) is 6. The van der Waals surface area contributed by atoms with E-state index < -0.39 is 12.0 Å². The van der Waals surface area contributed by atoms with Crippen LogP contribution in [0.15, 0.2) is 4.99 Å². The summed E-state index contributed by atoms with van der Waals surface area (Å²) in [4.78, 5) is 38.5. The van der Waals surface area contributed by atoms with Crippen molar-refractivity contribution < 1.29 is 19.1 Å². The number of carbonyl (C=O) groups excluding carboxylic acids is 3. The number of Topliss-reactive ketones (excluding diaryl/α,β-unsaturated/α-hetero) is 1. The molecule has 1 N–H and O–H groups in total. The number of hydrogen-bond acceptors (Lipinski definition) is 6. The Morgan fingerprint density at radius 2 is 1.83 bits per heavy atom. The Bertz CT molecular complexity index is 475. The van der Waals surface area contributed by atoms with E-state index in [1.54, 1.807) is 0 Å². The van der Waals surface area contributed by atoms with E-state index >= 15 is 0 Å². The smallest absolute Gasteiger partial charge is 0.328 e. The van der Waals surface area contributed by atoms with Crippen LogP contribution in [0.4, 0.5) is 0 Å². The molecule has 1 unspecified atom stereocenters. The highest BCUT2D eigenvalue weighted by molar-refractivity contribution is 7.78. The fraction of sp³-hybridized carbons (Fsp3) is 0.765. The van der Waals surface area contributed by atoms with Crippen LogP contribution < -0.4 is 5.32 Å². The van der Waals surface area contributed by atoms with Crippen molar-refractivity contribution >= 4 is 35.0 Å². The van der Waals surface area contributed by atoms with Crippen LogP contribution in [0.5, 0.6) is 0 Å². The number of cyclic esters (lactones) is 1. The van der Waals surface area contributed by atoms with E-state index in [4.69, 9.17) is 4.74 Å². The van der Waals surface area contributed by atoms with Gasteiger partial charge in [-0.1, -0.05) is 32.1 Å². The summed E-state index contributed by atoms with van der Waals surface area (Å²) in [7, 11) is 0. The summed E-state index contributed by atoms with van der Waals surface area (Å²) < 4.78 is 4.76. The monoisotopic (exact) mass is 354 g/mol. The minimum absolute atomic E-state index is 0.0723. The molecule has 0 aromatic heterocycles. The lowest BCUT2D eigenvalue weighted by molar-refractivity contribution is -0.142. The first-order chi connectivity index (χ1) is 11.6. The van der Waals surface area contributed by atoms with E-state index in [0.29, 0.717) is 19.4 Å². The molecule has 1 aliphatic rings. The van der Waals surface area contributed by atoms with Crippen molar-refractivity contribution in [3.05, 3.63) is 0 Å². The number of aliphatic imine (C=N–C) groups is 1. The first-order valence-corrected chi connectivity index (χ1v) is 9.05. The van der Waals surface area contributed by atoms with Crippen LogP contribution in [0.2, 0.25) is 0 Å². The summed E-state index contributed by atoms with van der Waals surface area (Å²) in [6.45, 7) is 1.09. The molecular weight excluding hydrogens is 328 g/mol. The van der Waals surface area contributed by atoms with Gasteiger partial charge in [0.2, 0.25) is 5.91 Å². The van der Waals surface area contributed by atoms with Gasteiger partial charge < -0.3 is 10.1 Å². The van der Waals surface area contributed by atoms with E-state index in [2.05, 4.69) is 27.7 Å². The third-order valence-electron chi connectivity index (χ3n) is 3.92. The third kappa shape index (κ3) is 9.53. The van der Waals surface area contributed by atoms with Gasteiger partial charge in [-0.2, -0.15) is 0 Å². The van der Waals surface area contributed by atoms with Gasteiger partial charge >= 0.3 is 5.97 Å². The summed E-state index contributed by atoms with van der Waals surface area (Å²) in [5.41, 5.74) is 0. The molecule has 6 nitrogen and oxygen atoms in total. The fourth-order valence-corrected chi connectivity index (χ4v) is 2.67. The van der Waals surface area contributed by atoms with E-state index in [-0.39, 0.29) is 18.1 Å². The van der Waals surface area contributed by atoms with Crippen molar-refractivity contribution in [3.8, 4) is 0 Å². The van der Waals surface area contributed by atoms with Crippen LogP contribution in [0.1, 0.15) is 64.2 Å². The Kier molecular flexibility index (Phi) is 10.9. The zero-order valence-corrected chi connectivity index (χ0v) is 14.9. The number of thiocarbonyl (C=S) groups is 1. The molecule has 1 rings (SSSR count). The van der Waals surface area contributed by atoms with Gasteiger partial charge in [-0.15, -0.1) is 0 Å². The first kappa shape index (κ1) is 20.5. The van der Waals surface area contributed by atoms with Crippen LogP contribution >= 0.6 is 12.2 Å². The van der Waals surface area contributed by atoms with Crippen LogP contribution in [-0.4, -0.2) is 42.0 Å². The normalized spacial score (nSPS) is 16.3. The molecule has 1 amide bonds. The van der Waals surface area contributed by atoms with E-state index in [1.165, 1.54) is 6.42 Å². The molecule has 1 heterocycles. The van der Waals surface area contributed by atoms with Crippen molar-refractivity contribution in [1.29, 1.82) is 0 Å². The third-order valence-corrected chi connectivity index (χ3v) is 4.05. The van der Waals surface area contributed by atoms with Crippen molar-refractivity contribution in [2.75, 3.05) is 13.2 Å². The Hall–Kier alpha value is -1.59. The lowest BCUT2D eigenvalue weighted by Crippen LogP contribution is -2.38. The molecule has 24 heavy (non-hydrogen) atoms. The van der Waals surface area contributed by atoms with E-state index in [1.807, 2.05) is 0 Å². The molecule has 1 atom stereocenters. The molecule has 0 spiro atoms. The second-order valence-electron chi connectivity index (χ2n) is 5.99. The number of ether oxygens (including phenoxy) is 1. The zero-order valence-electron chi connectivity index (χ0n) is 14.1. The number of nitrogens with one attached hydrogen (secondary N) is 1. The number of ketones is 1. The highest BCUT2D eigenvalue weighted by Gasteiger charge is 2.28. The van der Waals surface area contributed by atoms with Crippen molar-refractivity contribution in [2.24, 2.45) is 4.99 Å². The van der Waals surface area contributed by atoms with Gasteiger partial charge in [0, 0.05) is 19.4 Å². The largest absolute Gasteiger partial charge is 0.464 e. The molecule has 0 aliphatic carbocycles.